The van der Waals surface area contributed by atoms with Gasteiger partial charge in [-0.1, -0.05) is 18.2 Å². The summed E-state index contributed by atoms with van der Waals surface area (Å²) in [5.41, 5.74) is 9.24. The summed E-state index contributed by atoms with van der Waals surface area (Å²) in [4.78, 5) is 38.4. The van der Waals surface area contributed by atoms with E-state index in [1.54, 1.807) is 24.5 Å². The average Bonchev–Trinajstić information content (AvgIpc) is 2.93. The molecule has 4 heterocycles. The monoisotopic (exact) mass is 510 g/mol. The van der Waals surface area contributed by atoms with Crippen LogP contribution in [0.25, 0.3) is 11.5 Å². The molecule has 1 aliphatic rings. The molecule has 3 aromatic heterocycles. The Hall–Kier alpha value is -4.48. The zero-order valence-electron chi connectivity index (χ0n) is 21.4. The van der Waals surface area contributed by atoms with Crippen LogP contribution in [0, 0.1) is 6.92 Å². The normalized spacial score (nSPS) is 15.7. The molecule has 4 N–H and O–H groups in total. The number of amides is 1. The van der Waals surface area contributed by atoms with Crippen LogP contribution >= 0.6 is 0 Å². The SMILES string of the molecule is Cc1cccc(-c2nccc(Nc3ccnc(N(C)c4ccc(CN5CCNC[C@@H]5C(N)=O)cc4)n3)n2)n1. The van der Waals surface area contributed by atoms with Gasteiger partial charge < -0.3 is 21.3 Å². The number of aryl methyl sites for hydroxylation is 1. The Morgan fingerprint density at radius 2 is 1.82 bits per heavy atom. The lowest BCUT2D eigenvalue weighted by Gasteiger charge is -2.34. The zero-order chi connectivity index (χ0) is 26.5. The maximum atomic E-state index is 11.8. The maximum absolute atomic E-state index is 11.8. The molecule has 194 valence electrons. The third-order valence-corrected chi connectivity index (χ3v) is 6.36. The molecule has 11 nitrogen and oxygen atoms in total. The van der Waals surface area contributed by atoms with Gasteiger partial charge in [-0.15, -0.1) is 0 Å². The molecular formula is C27H30N10O. The van der Waals surface area contributed by atoms with E-state index in [0.29, 0.717) is 42.2 Å². The lowest BCUT2D eigenvalue weighted by molar-refractivity contribution is -0.124. The first kappa shape index (κ1) is 25.2. The minimum atomic E-state index is -0.302. The van der Waals surface area contributed by atoms with Gasteiger partial charge in [0, 0.05) is 57.0 Å². The van der Waals surface area contributed by atoms with Gasteiger partial charge in [0.15, 0.2) is 5.82 Å². The molecule has 0 saturated carbocycles. The van der Waals surface area contributed by atoms with E-state index in [-0.39, 0.29) is 11.9 Å². The second kappa shape index (κ2) is 11.3. The number of anilines is 4. The van der Waals surface area contributed by atoms with E-state index in [9.17, 15) is 4.79 Å². The largest absolute Gasteiger partial charge is 0.368 e. The van der Waals surface area contributed by atoms with Gasteiger partial charge in [0.1, 0.15) is 23.4 Å². The minimum absolute atomic E-state index is 0.297. The fourth-order valence-corrected chi connectivity index (χ4v) is 4.32. The fourth-order valence-electron chi connectivity index (χ4n) is 4.32. The van der Waals surface area contributed by atoms with E-state index >= 15 is 0 Å². The first-order chi connectivity index (χ1) is 18.5. The quantitative estimate of drug-likeness (QED) is 0.324. The summed E-state index contributed by atoms with van der Waals surface area (Å²) < 4.78 is 0. The van der Waals surface area contributed by atoms with Crippen molar-refractivity contribution < 1.29 is 4.79 Å². The Labute approximate surface area is 221 Å². The van der Waals surface area contributed by atoms with E-state index in [4.69, 9.17) is 5.73 Å². The summed E-state index contributed by atoms with van der Waals surface area (Å²) in [6.45, 7) is 4.79. The number of hydrogen-bond donors (Lipinski definition) is 3. The Balaban J connectivity index is 1.27. The van der Waals surface area contributed by atoms with Crippen LogP contribution in [0.1, 0.15) is 11.3 Å². The molecule has 1 saturated heterocycles. The van der Waals surface area contributed by atoms with Crippen molar-refractivity contribution in [1.82, 2.24) is 35.1 Å². The number of hydrogen-bond acceptors (Lipinski definition) is 10. The van der Waals surface area contributed by atoms with Crippen LogP contribution < -0.4 is 21.3 Å². The van der Waals surface area contributed by atoms with Gasteiger partial charge >= 0.3 is 0 Å². The highest BCUT2D eigenvalue weighted by atomic mass is 16.1. The Bertz CT molecular complexity index is 1410. The Morgan fingerprint density at radius 3 is 2.58 bits per heavy atom. The molecule has 0 bridgehead atoms. The lowest BCUT2D eigenvalue weighted by atomic mass is 10.1. The number of piperazine rings is 1. The number of nitrogens with one attached hydrogen (secondary N) is 2. The van der Waals surface area contributed by atoms with Crippen molar-refractivity contribution in [3.8, 4) is 11.5 Å². The molecule has 1 aliphatic heterocycles. The number of rotatable bonds is 8. The molecule has 0 unspecified atom stereocenters. The Kier molecular flexibility index (Phi) is 7.47. The van der Waals surface area contributed by atoms with E-state index in [0.717, 1.165) is 30.0 Å². The summed E-state index contributed by atoms with van der Waals surface area (Å²) in [5.74, 6) is 1.99. The summed E-state index contributed by atoms with van der Waals surface area (Å²) in [6, 6.07) is 17.2. The number of primary amides is 1. The first-order valence-electron chi connectivity index (χ1n) is 12.4. The number of nitrogens with two attached hydrogens (primary N) is 1. The maximum Gasteiger partial charge on any atom is 0.236 e. The van der Waals surface area contributed by atoms with Crippen LogP contribution in [-0.4, -0.2) is 68.5 Å². The molecule has 1 atom stereocenters. The molecule has 4 aromatic rings. The zero-order valence-corrected chi connectivity index (χ0v) is 21.4. The van der Waals surface area contributed by atoms with Crippen molar-refractivity contribution in [2.24, 2.45) is 5.73 Å². The predicted molar refractivity (Wildman–Crippen MR) is 146 cm³/mol. The molecule has 1 amide bonds. The van der Waals surface area contributed by atoms with Crippen molar-refractivity contribution in [2.75, 3.05) is 36.9 Å². The molecule has 5 rings (SSSR count). The molecular weight excluding hydrogens is 480 g/mol. The van der Waals surface area contributed by atoms with Crippen molar-refractivity contribution >= 4 is 29.2 Å². The van der Waals surface area contributed by atoms with Gasteiger partial charge in [-0.3, -0.25) is 9.69 Å². The van der Waals surface area contributed by atoms with Crippen LogP contribution in [-0.2, 0) is 11.3 Å². The van der Waals surface area contributed by atoms with Crippen LogP contribution in [0.4, 0.5) is 23.3 Å². The second-order valence-electron chi connectivity index (χ2n) is 9.11. The molecule has 38 heavy (non-hydrogen) atoms. The number of aromatic nitrogens is 5. The summed E-state index contributed by atoms with van der Waals surface area (Å²) >= 11 is 0. The van der Waals surface area contributed by atoms with Crippen LogP contribution in [0.2, 0.25) is 0 Å². The minimum Gasteiger partial charge on any atom is -0.368 e. The third kappa shape index (κ3) is 5.90. The van der Waals surface area contributed by atoms with E-state index in [2.05, 4.69) is 52.6 Å². The standard InChI is InChI=1S/C27H30N10O/c1-18-4-3-5-21(32-18)26-30-12-10-23(34-26)33-24-11-13-31-27(35-24)36(2)20-8-6-19(7-9-20)17-37-15-14-29-16-22(37)25(28)38/h3-13,22,29H,14-17H2,1-2H3,(H2,28,38)(H,30,31,33,34,35)/t22-/m1/s1. The van der Waals surface area contributed by atoms with Crippen molar-refractivity contribution in [1.29, 1.82) is 0 Å². The molecule has 1 aromatic carbocycles. The predicted octanol–water partition coefficient (Wildman–Crippen LogP) is 2.41. The van der Waals surface area contributed by atoms with Crippen LogP contribution in [0.5, 0.6) is 0 Å². The highest BCUT2D eigenvalue weighted by molar-refractivity contribution is 5.80. The summed E-state index contributed by atoms with van der Waals surface area (Å²) in [7, 11) is 1.92. The average molecular weight is 511 g/mol. The second-order valence-corrected chi connectivity index (χ2v) is 9.11. The number of carbonyl (C=O) groups is 1. The summed E-state index contributed by atoms with van der Waals surface area (Å²) in [6.07, 6.45) is 3.39. The van der Waals surface area contributed by atoms with Gasteiger partial charge in [0.2, 0.25) is 11.9 Å². The Morgan fingerprint density at radius 1 is 1.05 bits per heavy atom. The van der Waals surface area contributed by atoms with Crippen molar-refractivity contribution in [3.05, 3.63) is 78.2 Å². The van der Waals surface area contributed by atoms with Crippen LogP contribution in [0.3, 0.4) is 0 Å². The van der Waals surface area contributed by atoms with Crippen LogP contribution in [0.15, 0.2) is 67.0 Å². The van der Waals surface area contributed by atoms with E-state index in [1.807, 2.05) is 49.2 Å². The van der Waals surface area contributed by atoms with Crippen molar-refractivity contribution in [2.45, 2.75) is 19.5 Å². The third-order valence-electron chi connectivity index (χ3n) is 6.36. The van der Waals surface area contributed by atoms with Gasteiger partial charge in [-0.25, -0.2) is 19.9 Å². The highest BCUT2D eigenvalue weighted by Gasteiger charge is 2.26. The topological polar surface area (TPSA) is 138 Å². The molecule has 0 radical (unpaired) electrons. The molecule has 0 aliphatic carbocycles. The summed E-state index contributed by atoms with van der Waals surface area (Å²) in [5, 5.41) is 6.47. The highest BCUT2D eigenvalue weighted by Crippen LogP contribution is 2.23. The smallest absolute Gasteiger partial charge is 0.236 e. The number of benzene rings is 1. The number of pyridine rings is 1. The van der Waals surface area contributed by atoms with Crippen molar-refractivity contribution in [3.63, 3.8) is 0 Å². The number of carbonyl (C=O) groups excluding carboxylic acids is 1. The van der Waals surface area contributed by atoms with E-state index < -0.39 is 0 Å². The molecule has 11 heteroatoms. The molecule has 0 spiro atoms. The van der Waals surface area contributed by atoms with Gasteiger partial charge in [0.05, 0.1) is 0 Å². The van der Waals surface area contributed by atoms with Gasteiger partial charge in [-0.05, 0) is 48.9 Å². The fraction of sp³-hybridized carbons (Fsp3) is 0.259. The lowest BCUT2D eigenvalue weighted by Crippen LogP contribution is -2.56. The first-order valence-corrected chi connectivity index (χ1v) is 12.4. The number of nitrogens with zero attached hydrogens (tertiary/aromatic N) is 7. The van der Waals surface area contributed by atoms with Gasteiger partial charge in [-0.2, -0.15) is 4.98 Å². The van der Waals surface area contributed by atoms with Gasteiger partial charge in [0.25, 0.3) is 0 Å². The molecule has 1 fully saturated rings. The van der Waals surface area contributed by atoms with E-state index in [1.165, 1.54) is 0 Å².